The van der Waals surface area contributed by atoms with Crippen LogP contribution in [0.2, 0.25) is 0 Å². The lowest BCUT2D eigenvalue weighted by molar-refractivity contribution is -0.131. The normalized spacial score (nSPS) is 20.9. The monoisotopic (exact) mass is 483 g/mol. The molecule has 1 aliphatic heterocycles. The molecule has 0 fully saturated rings. The standard InChI is InChI=1S/C25H37N7O3/c1-4-17(2)23-25(35)28-20(15-19-9-6-5-7-10-19)24-27-18(3)30-32(24)14-13-31(22(34)16-26)12-8-11-21(33)29-23/h5-7,9-10,17,20,23H,4,8,11-16,26H2,1-3H3,(H,28,35)(H,29,33)/t17-,20-,23-/m0/s1. The summed E-state index contributed by atoms with van der Waals surface area (Å²) in [6.45, 7) is 6.85. The minimum Gasteiger partial charge on any atom is -0.344 e. The zero-order chi connectivity index (χ0) is 25.4. The lowest BCUT2D eigenvalue weighted by atomic mass is 9.97. The van der Waals surface area contributed by atoms with Crippen LogP contribution in [-0.4, -0.2) is 63.1 Å². The molecule has 2 heterocycles. The van der Waals surface area contributed by atoms with Gasteiger partial charge >= 0.3 is 0 Å². The molecular weight excluding hydrogens is 446 g/mol. The van der Waals surface area contributed by atoms with E-state index in [0.717, 1.165) is 12.0 Å². The largest absolute Gasteiger partial charge is 0.344 e. The van der Waals surface area contributed by atoms with Gasteiger partial charge in [-0.1, -0.05) is 50.6 Å². The molecule has 190 valence electrons. The van der Waals surface area contributed by atoms with Crippen molar-refractivity contribution in [2.75, 3.05) is 19.6 Å². The Balaban J connectivity index is 2.00. The molecule has 4 N–H and O–H groups in total. The van der Waals surface area contributed by atoms with E-state index in [1.165, 1.54) is 0 Å². The fourth-order valence-electron chi connectivity index (χ4n) is 4.30. The molecule has 0 unspecified atom stereocenters. The van der Waals surface area contributed by atoms with Crippen molar-refractivity contribution in [3.05, 3.63) is 47.5 Å². The van der Waals surface area contributed by atoms with Crippen LogP contribution in [-0.2, 0) is 27.3 Å². The molecule has 35 heavy (non-hydrogen) atoms. The number of aromatic nitrogens is 3. The van der Waals surface area contributed by atoms with Crippen molar-refractivity contribution in [1.29, 1.82) is 0 Å². The topological polar surface area (TPSA) is 135 Å². The molecule has 1 aromatic carbocycles. The third kappa shape index (κ3) is 7.11. The third-order valence-corrected chi connectivity index (χ3v) is 6.47. The Kier molecular flexibility index (Phi) is 9.36. The molecule has 0 saturated carbocycles. The predicted molar refractivity (Wildman–Crippen MR) is 132 cm³/mol. The zero-order valence-electron chi connectivity index (χ0n) is 20.9. The highest BCUT2D eigenvalue weighted by molar-refractivity contribution is 5.88. The molecule has 0 bridgehead atoms. The van der Waals surface area contributed by atoms with Gasteiger partial charge < -0.3 is 21.3 Å². The highest BCUT2D eigenvalue weighted by Gasteiger charge is 2.30. The first-order valence-corrected chi connectivity index (χ1v) is 12.3. The number of nitrogens with one attached hydrogen (secondary N) is 2. The van der Waals surface area contributed by atoms with Gasteiger partial charge in [-0.05, 0) is 31.2 Å². The number of rotatable bonds is 5. The highest BCUT2D eigenvalue weighted by atomic mass is 16.2. The number of hydrogen-bond acceptors (Lipinski definition) is 6. The van der Waals surface area contributed by atoms with Crippen molar-refractivity contribution in [3.8, 4) is 0 Å². The second kappa shape index (κ2) is 12.4. The second-order valence-electron chi connectivity index (χ2n) is 9.11. The Morgan fingerprint density at radius 2 is 1.91 bits per heavy atom. The van der Waals surface area contributed by atoms with E-state index in [1.54, 1.807) is 16.5 Å². The Hall–Kier alpha value is -3.27. The summed E-state index contributed by atoms with van der Waals surface area (Å²) in [5.41, 5.74) is 6.66. The fourth-order valence-corrected chi connectivity index (χ4v) is 4.30. The molecule has 1 aliphatic rings. The number of nitrogens with zero attached hydrogens (tertiary/aromatic N) is 4. The van der Waals surface area contributed by atoms with E-state index in [9.17, 15) is 14.4 Å². The van der Waals surface area contributed by atoms with Gasteiger partial charge in [-0.2, -0.15) is 5.10 Å². The summed E-state index contributed by atoms with van der Waals surface area (Å²) in [4.78, 5) is 44.9. The van der Waals surface area contributed by atoms with Gasteiger partial charge in [0.05, 0.1) is 19.1 Å². The van der Waals surface area contributed by atoms with Crippen molar-refractivity contribution < 1.29 is 14.4 Å². The van der Waals surface area contributed by atoms with Crippen LogP contribution in [0.4, 0.5) is 0 Å². The zero-order valence-corrected chi connectivity index (χ0v) is 20.9. The molecule has 0 aliphatic carbocycles. The predicted octanol–water partition coefficient (Wildman–Crippen LogP) is 1.10. The van der Waals surface area contributed by atoms with Gasteiger partial charge in [-0.15, -0.1) is 0 Å². The van der Waals surface area contributed by atoms with Crippen LogP contribution in [0, 0.1) is 12.8 Å². The van der Waals surface area contributed by atoms with Gasteiger partial charge in [-0.25, -0.2) is 9.67 Å². The average Bonchev–Trinajstić information content (AvgIpc) is 3.23. The first kappa shape index (κ1) is 26.3. The molecule has 1 aromatic heterocycles. The summed E-state index contributed by atoms with van der Waals surface area (Å²) in [5, 5.41) is 10.6. The SMILES string of the molecule is CC[C@H](C)[C@@H]1NC(=O)CCCN(C(=O)CN)CCn2nc(C)nc2[C@H](Cc2ccccc2)NC1=O. The Morgan fingerprint density at radius 1 is 1.17 bits per heavy atom. The molecule has 2 aromatic rings. The first-order valence-electron chi connectivity index (χ1n) is 12.3. The first-order chi connectivity index (χ1) is 16.8. The van der Waals surface area contributed by atoms with Crippen LogP contribution in [0.25, 0.3) is 0 Å². The number of carbonyl (C=O) groups excluding carboxylic acids is 3. The lowest BCUT2D eigenvalue weighted by Gasteiger charge is -2.28. The minimum atomic E-state index is -0.673. The summed E-state index contributed by atoms with van der Waals surface area (Å²) >= 11 is 0. The summed E-state index contributed by atoms with van der Waals surface area (Å²) in [7, 11) is 0. The number of fused-ring (bicyclic) bond motifs is 1. The van der Waals surface area contributed by atoms with Crippen LogP contribution in [0.5, 0.6) is 0 Å². The van der Waals surface area contributed by atoms with Gasteiger partial charge in [0.1, 0.15) is 17.7 Å². The second-order valence-corrected chi connectivity index (χ2v) is 9.11. The number of aryl methyl sites for hydroxylation is 1. The number of carbonyl (C=O) groups is 3. The van der Waals surface area contributed by atoms with E-state index in [4.69, 9.17) is 5.73 Å². The van der Waals surface area contributed by atoms with Crippen LogP contribution in [0.15, 0.2) is 30.3 Å². The minimum absolute atomic E-state index is 0.0563. The average molecular weight is 484 g/mol. The van der Waals surface area contributed by atoms with Gasteiger partial charge in [0, 0.05) is 19.5 Å². The van der Waals surface area contributed by atoms with Gasteiger partial charge in [-0.3, -0.25) is 14.4 Å². The molecule has 0 saturated heterocycles. The Bertz CT molecular complexity index is 1010. The van der Waals surface area contributed by atoms with Crippen LogP contribution >= 0.6 is 0 Å². The lowest BCUT2D eigenvalue weighted by Crippen LogP contribution is -2.51. The molecule has 3 amide bonds. The van der Waals surface area contributed by atoms with Crippen molar-refractivity contribution >= 4 is 17.7 Å². The van der Waals surface area contributed by atoms with Gasteiger partial charge in [0.15, 0.2) is 0 Å². The maximum atomic E-state index is 13.5. The molecular formula is C25H37N7O3. The van der Waals surface area contributed by atoms with E-state index >= 15 is 0 Å². The van der Waals surface area contributed by atoms with Crippen molar-refractivity contribution in [2.45, 2.75) is 65.1 Å². The van der Waals surface area contributed by atoms with Crippen LogP contribution < -0.4 is 16.4 Å². The molecule has 10 nitrogen and oxygen atoms in total. The summed E-state index contributed by atoms with van der Waals surface area (Å²) in [5.74, 6) is 0.520. The van der Waals surface area contributed by atoms with E-state index in [2.05, 4.69) is 20.7 Å². The molecule has 3 rings (SSSR count). The Labute approximate surface area is 206 Å². The maximum Gasteiger partial charge on any atom is 0.243 e. The molecule has 10 heteroatoms. The number of hydrogen-bond donors (Lipinski definition) is 3. The number of benzene rings is 1. The smallest absolute Gasteiger partial charge is 0.243 e. The van der Waals surface area contributed by atoms with E-state index in [-0.39, 0.29) is 36.6 Å². The fraction of sp³-hybridized carbons (Fsp3) is 0.560. The van der Waals surface area contributed by atoms with Gasteiger partial charge in [0.25, 0.3) is 0 Å². The van der Waals surface area contributed by atoms with Crippen molar-refractivity contribution in [2.24, 2.45) is 11.7 Å². The Morgan fingerprint density at radius 3 is 2.60 bits per heavy atom. The third-order valence-electron chi connectivity index (χ3n) is 6.47. The highest BCUT2D eigenvalue weighted by Crippen LogP contribution is 2.20. The van der Waals surface area contributed by atoms with E-state index in [0.29, 0.717) is 44.1 Å². The summed E-state index contributed by atoms with van der Waals surface area (Å²) < 4.78 is 1.77. The number of amides is 3. The summed E-state index contributed by atoms with van der Waals surface area (Å²) in [6, 6.07) is 8.72. The maximum absolute atomic E-state index is 13.5. The van der Waals surface area contributed by atoms with Crippen LogP contribution in [0.1, 0.15) is 56.4 Å². The van der Waals surface area contributed by atoms with Crippen molar-refractivity contribution in [1.82, 2.24) is 30.3 Å². The van der Waals surface area contributed by atoms with E-state index in [1.807, 2.05) is 44.2 Å². The molecule has 3 atom stereocenters. The van der Waals surface area contributed by atoms with Crippen LogP contribution in [0.3, 0.4) is 0 Å². The van der Waals surface area contributed by atoms with Crippen molar-refractivity contribution in [3.63, 3.8) is 0 Å². The summed E-state index contributed by atoms with van der Waals surface area (Å²) in [6.07, 6.45) is 1.94. The van der Waals surface area contributed by atoms with Gasteiger partial charge in [0.2, 0.25) is 17.7 Å². The van der Waals surface area contributed by atoms with E-state index < -0.39 is 12.1 Å². The number of nitrogens with two attached hydrogens (primary N) is 1. The molecule has 0 radical (unpaired) electrons. The quantitative estimate of drug-likeness (QED) is 0.583. The molecule has 0 spiro atoms.